The summed E-state index contributed by atoms with van der Waals surface area (Å²) in [6, 6.07) is 5.54. The number of hydrogen-bond acceptors (Lipinski definition) is 7. The molecule has 1 aromatic rings. The Morgan fingerprint density at radius 2 is 2.09 bits per heavy atom. The fraction of sp³-hybridized carbons (Fsp3) is 0.478. The van der Waals surface area contributed by atoms with Gasteiger partial charge in [0.25, 0.3) is 5.91 Å². The maximum Gasteiger partial charge on any atom is 0.256 e. The molecule has 4 aliphatic heterocycles. The first-order chi connectivity index (χ1) is 15.5. The number of benzene rings is 1. The molecular weight excluding hydrogens is 444 g/mol. The Bertz CT molecular complexity index is 1000. The molecule has 2 atom stereocenters. The summed E-state index contributed by atoms with van der Waals surface area (Å²) in [5.74, 6) is 2.02. The second-order valence-electron chi connectivity index (χ2n) is 8.70. The molecule has 0 spiro atoms. The van der Waals surface area contributed by atoms with Crippen molar-refractivity contribution in [2.75, 3.05) is 30.6 Å². The molecule has 32 heavy (non-hydrogen) atoms. The van der Waals surface area contributed by atoms with Gasteiger partial charge in [0, 0.05) is 42.7 Å². The van der Waals surface area contributed by atoms with Crippen molar-refractivity contribution in [1.29, 1.82) is 0 Å². The number of halogens is 1. The molecule has 0 aromatic heterocycles. The molecule has 9 heteroatoms. The van der Waals surface area contributed by atoms with Crippen molar-refractivity contribution < 1.29 is 4.79 Å². The Kier molecular flexibility index (Phi) is 6.09. The Morgan fingerprint density at radius 1 is 1.25 bits per heavy atom. The van der Waals surface area contributed by atoms with E-state index in [1.165, 1.54) is 23.9 Å². The summed E-state index contributed by atoms with van der Waals surface area (Å²) in [4.78, 5) is 23.0. The Hall–Kier alpha value is -2.16. The van der Waals surface area contributed by atoms with Crippen LogP contribution in [0.1, 0.15) is 43.0 Å². The normalized spacial score (nSPS) is 25.0. The van der Waals surface area contributed by atoms with E-state index in [1.54, 1.807) is 6.07 Å². The number of nitrogens with one attached hydrogen (secondary N) is 2. The molecule has 0 radical (unpaired) electrons. The van der Waals surface area contributed by atoms with Gasteiger partial charge in [-0.05, 0) is 56.9 Å². The van der Waals surface area contributed by atoms with E-state index in [1.807, 2.05) is 28.3 Å². The van der Waals surface area contributed by atoms with E-state index >= 15 is 0 Å². The highest BCUT2D eigenvalue weighted by atomic mass is 35.5. The number of carbonyl (C=O) groups excluding carboxylic acids is 1. The van der Waals surface area contributed by atoms with Crippen LogP contribution in [0.5, 0.6) is 0 Å². The highest BCUT2D eigenvalue weighted by Gasteiger charge is 2.38. The number of aliphatic imine (C=N–C) groups is 1. The lowest BCUT2D eigenvalue weighted by molar-refractivity contribution is 0.0562. The molecule has 2 saturated heterocycles. The molecule has 0 saturated carbocycles. The predicted molar refractivity (Wildman–Crippen MR) is 131 cm³/mol. The number of amides is 1. The zero-order valence-corrected chi connectivity index (χ0v) is 20.0. The van der Waals surface area contributed by atoms with Gasteiger partial charge in [0.05, 0.1) is 23.3 Å². The third-order valence-corrected chi connectivity index (χ3v) is 7.22. The molecule has 5 rings (SSSR count). The molecule has 4 heterocycles. The quantitative estimate of drug-likeness (QED) is 0.644. The molecule has 0 bridgehead atoms. The zero-order valence-electron chi connectivity index (χ0n) is 18.5. The molecule has 7 nitrogen and oxygen atoms in total. The Balaban J connectivity index is 1.40. The van der Waals surface area contributed by atoms with Crippen LogP contribution in [-0.4, -0.2) is 64.5 Å². The van der Waals surface area contributed by atoms with Gasteiger partial charge in [0.15, 0.2) is 0 Å². The summed E-state index contributed by atoms with van der Waals surface area (Å²) >= 11 is 7.73. The van der Waals surface area contributed by atoms with Crippen molar-refractivity contribution in [3.63, 3.8) is 0 Å². The number of piperidine rings is 1. The van der Waals surface area contributed by atoms with Gasteiger partial charge in [0.2, 0.25) is 0 Å². The monoisotopic (exact) mass is 472 g/mol. The van der Waals surface area contributed by atoms with Crippen molar-refractivity contribution in [1.82, 2.24) is 20.2 Å². The number of hydrogen-bond donors (Lipinski definition) is 2. The molecular formula is C23H29ClN6OS. The zero-order chi connectivity index (χ0) is 22.2. The topological polar surface area (TPSA) is 63.2 Å². The number of rotatable bonds is 4. The van der Waals surface area contributed by atoms with E-state index in [9.17, 15) is 4.79 Å². The molecule has 4 aliphatic rings. The molecule has 1 aromatic carbocycles. The number of anilines is 1. The van der Waals surface area contributed by atoms with Crippen molar-refractivity contribution in [2.45, 2.75) is 44.7 Å². The fourth-order valence-corrected chi connectivity index (χ4v) is 5.39. The van der Waals surface area contributed by atoms with Crippen LogP contribution >= 0.6 is 23.5 Å². The van der Waals surface area contributed by atoms with Crippen LogP contribution in [0.25, 0.3) is 0 Å². The molecule has 0 aliphatic carbocycles. The van der Waals surface area contributed by atoms with E-state index in [0.717, 1.165) is 56.2 Å². The summed E-state index contributed by atoms with van der Waals surface area (Å²) in [5.41, 5.74) is 6.16. The van der Waals surface area contributed by atoms with Crippen LogP contribution in [-0.2, 0) is 0 Å². The van der Waals surface area contributed by atoms with Crippen LogP contribution in [0.4, 0.5) is 5.69 Å². The highest BCUT2D eigenvalue weighted by Crippen LogP contribution is 2.32. The third kappa shape index (κ3) is 4.00. The van der Waals surface area contributed by atoms with Crippen molar-refractivity contribution >= 4 is 41.0 Å². The van der Waals surface area contributed by atoms with E-state index in [4.69, 9.17) is 16.6 Å². The maximum atomic E-state index is 13.7. The number of fused-ring (bicyclic) bond motifs is 1. The van der Waals surface area contributed by atoms with Gasteiger partial charge in [-0.25, -0.2) is 10.4 Å². The van der Waals surface area contributed by atoms with Gasteiger partial charge in [0.1, 0.15) is 11.7 Å². The highest BCUT2D eigenvalue weighted by molar-refractivity contribution is 7.99. The minimum absolute atomic E-state index is 0.0222. The average Bonchev–Trinajstić information content (AvgIpc) is 3.16. The molecule has 2 N–H and O–H groups in total. The van der Waals surface area contributed by atoms with E-state index in [0.29, 0.717) is 10.6 Å². The Labute approximate surface area is 198 Å². The SMILES string of the molecule is CSNc1ccc(Cl)cc1C(=O)N1CCCCC1C1C=C2N=C(N3CCC3)C(C)=CN2N1. The fourth-order valence-electron chi connectivity index (χ4n) is 4.82. The predicted octanol–water partition coefficient (Wildman–Crippen LogP) is 4.08. The van der Waals surface area contributed by atoms with Gasteiger partial charge in [-0.2, -0.15) is 0 Å². The largest absolute Gasteiger partial charge is 0.356 e. The van der Waals surface area contributed by atoms with Crippen molar-refractivity contribution in [3.05, 3.63) is 52.5 Å². The summed E-state index contributed by atoms with van der Waals surface area (Å²) < 4.78 is 3.22. The van der Waals surface area contributed by atoms with Crippen LogP contribution in [0.2, 0.25) is 5.02 Å². The number of nitrogens with zero attached hydrogens (tertiary/aromatic N) is 4. The number of carbonyl (C=O) groups is 1. The standard InChI is InChI=1S/C23H29ClN6OS/c1-15-14-30-21(25-22(15)28-9-5-10-28)13-19(26-30)20-6-3-4-11-29(20)23(31)17-12-16(24)7-8-18(17)27-32-2/h7-8,12-14,19-20,26-27H,3-6,9-11H2,1-2H3. The smallest absolute Gasteiger partial charge is 0.256 e. The summed E-state index contributed by atoms with van der Waals surface area (Å²) in [6.45, 7) is 5.00. The van der Waals surface area contributed by atoms with Crippen molar-refractivity contribution in [2.24, 2.45) is 4.99 Å². The van der Waals surface area contributed by atoms with Gasteiger partial charge >= 0.3 is 0 Å². The minimum Gasteiger partial charge on any atom is -0.356 e. The average molecular weight is 473 g/mol. The molecule has 2 unspecified atom stereocenters. The lowest BCUT2D eigenvalue weighted by atomic mass is 9.94. The van der Waals surface area contributed by atoms with Gasteiger partial charge in [-0.3, -0.25) is 9.80 Å². The van der Waals surface area contributed by atoms with E-state index < -0.39 is 0 Å². The van der Waals surface area contributed by atoms with Crippen LogP contribution in [0.15, 0.2) is 46.9 Å². The Morgan fingerprint density at radius 3 is 2.84 bits per heavy atom. The second-order valence-corrected chi connectivity index (χ2v) is 9.74. The minimum atomic E-state index is 0.0222. The van der Waals surface area contributed by atoms with Crippen LogP contribution in [0.3, 0.4) is 0 Å². The summed E-state index contributed by atoms with van der Waals surface area (Å²) in [5, 5.41) is 2.58. The van der Waals surface area contributed by atoms with E-state index in [2.05, 4.69) is 34.2 Å². The lowest BCUT2D eigenvalue weighted by Gasteiger charge is -2.39. The van der Waals surface area contributed by atoms with Gasteiger partial charge < -0.3 is 14.5 Å². The number of amidine groups is 1. The first-order valence-corrected chi connectivity index (χ1v) is 12.8. The molecule has 170 valence electrons. The second kappa shape index (κ2) is 9.00. The molecule has 2 fully saturated rings. The first kappa shape index (κ1) is 21.7. The van der Waals surface area contributed by atoms with Gasteiger partial charge in [-0.1, -0.05) is 23.5 Å². The summed E-state index contributed by atoms with van der Waals surface area (Å²) in [6.07, 6.45) is 10.6. The number of hydrazine groups is 1. The first-order valence-electron chi connectivity index (χ1n) is 11.2. The van der Waals surface area contributed by atoms with E-state index in [-0.39, 0.29) is 18.0 Å². The third-order valence-electron chi connectivity index (χ3n) is 6.56. The van der Waals surface area contributed by atoms with Crippen molar-refractivity contribution in [3.8, 4) is 0 Å². The molecule has 1 amide bonds. The lowest BCUT2D eigenvalue weighted by Crippen LogP contribution is -2.54. The maximum absolute atomic E-state index is 13.7. The number of likely N-dealkylation sites (tertiary alicyclic amines) is 2. The van der Waals surface area contributed by atoms with Crippen LogP contribution in [0, 0.1) is 0 Å². The summed E-state index contributed by atoms with van der Waals surface area (Å²) in [7, 11) is 0. The van der Waals surface area contributed by atoms with Gasteiger partial charge in [-0.15, -0.1) is 0 Å². The van der Waals surface area contributed by atoms with Crippen LogP contribution < -0.4 is 10.1 Å².